The third kappa shape index (κ3) is 3.27. The molecule has 0 spiro atoms. The van der Waals surface area contributed by atoms with E-state index < -0.39 is 12.0 Å². The van der Waals surface area contributed by atoms with Crippen LogP contribution in [0.15, 0.2) is 0 Å². The first-order valence-electron chi connectivity index (χ1n) is 5.24. The summed E-state index contributed by atoms with van der Waals surface area (Å²) in [4.78, 5) is 10.8. The summed E-state index contributed by atoms with van der Waals surface area (Å²) in [6.45, 7) is 4.64. The molecule has 3 atom stereocenters. The zero-order chi connectivity index (χ0) is 10.6. The summed E-state index contributed by atoms with van der Waals surface area (Å²) in [5, 5.41) is 12.0. The van der Waals surface area contributed by atoms with Crippen LogP contribution < -0.4 is 5.32 Å². The van der Waals surface area contributed by atoms with Gasteiger partial charge in [0.25, 0.3) is 0 Å². The Morgan fingerprint density at radius 3 is 2.93 bits per heavy atom. The van der Waals surface area contributed by atoms with Crippen molar-refractivity contribution in [2.24, 2.45) is 0 Å². The summed E-state index contributed by atoms with van der Waals surface area (Å²) in [6, 6.07) is -0.120. The number of aliphatic carboxylic acids is 1. The van der Waals surface area contributed by atoms with Gasteiger partial charge in [-0.3, -0.25) is 4.79 Å². The Morgan fingerprint density at radius 1 is 1.71 bits per heavy atom. The highest BCUT2D eigenvalue weighted by Crippen LogP contribution is 2.14. The fraction of sp³-hybridized carbons (Fsp3) is 0.900. The summed E-state index contributed by atoms with van der Waals surface area (Å²) in [5.41, 5.74) is 0. The van der Waals surface area contributed by atoms with Gasteiger partial charge in [-0.2, -0.15) is 0 Å². The van der Waals surface area contributed by atoms with E-state index in [0.29, 0.717) is 12.5 Å². The van der Waals surface area contributed by atoms with Crippen LogP contribution in [0.3, 0.4) is 0 Å². The van der Waals surface area contributed by atoms with E-state index in [1.54, 1.807) is 0 Å². The first-order valence-corrected chi connectivity index (χ1v) is 5.24. The van der Waals surface area contributed by atoms with Gasteiger partial charge in [0.1, 0.15) is 6.04 Å². The number of carbonyl (C=O) groups is 1. The second-order valence-corrected chi connectivity index (χ2v) is 3.87. The molecular formula is C10H19NO3. The largest absolute Gasteiger partial charge is 0.480 e. The molecule has 0 radical (unpaired) electrons. The van der Waals surface area contributed by atoms with E-state index in [1.165, 1.54) is 0 Å². The summed E-state index contributed by atoms with van der Waals surface area (Å²) in [6.07, 6.45) is 2.69. The number of carboxylic acids is 1. The molecule has 1 heterocycles. The molecule has 2 N–H and O–H groups in total. The van der Waals surface area contributed by atoms with Crippen LogP contribution in [0.5, 0.6) is 0 Å². The smallest absolute Gasteiger partial charge is 0.320 e. The second kappa shape index (κ2) is 5.32. The number of ether oxygens (including phenoxy) is 1. The molecule has 1 rings (SSSR count). The van der Waals surface area contributed by atoms with E-state index in [4.69, 9.17) is 9.84 Å². The van der Waals surface area contributed by atoms with Gasteiger partial charge in [-0.1, -0.05) is 6.92 Å². The Bertz CT molecular complexity index is 196. The first kappa shape index (κ1) is 11.5. The maximum atomic E-state index is 10.8. The van der Waals surface area contributed by atoms with E-state index in [9.17, 15) is 4.79 Å². The zero-order valence-electron chi connectivity index (χ0n) is 8.82. The Labute approximate surface area is 84.6 Å². The minimum absolute atomic E-state index is 0.243. The minimum Gasteiger partial charge on any atom is -0.480 e. The van der Waals surface area contributed by atoms with Crippen molar-refractivity contribution < 1.29 is 14.6 Å². The third-order valence-corrected chi connectivity index (χ3v) is 2.63. The molecule has 0 aliphatic carbocycles. The van der Waals surface area contributed by atoms with E-state index >= 15 is 0 Å². The van der Waals surface area contributed by atoms with E-state index in [0.717, 1.165) is 19.4 Å². The van der Waals surface area contributed by atoms with Gasteiger partial charge in [0.15, 0.2) is 0 Å². The molecule has 1 saturated heterocycles. The van der Waals surface area contributed by atoms with Gasteiger partial charge in [0.05, 0.1) is 6.10 Å². The predicted molar refractivity (Wildman–Crippen MR) is 53.3 cm³/mol. The molecule has 0 aromatic rings. The summed E-state index contributed by atoms with van der Waals surface area (Å²) < 4.78 is 5.40. The molecule has 82 valence electrons. The van der Waals surface area contributed by atoms with Crippen molar-refractivity contribution in [2.75, 3.05) is 6.61 Å². The van der Waals surface area contributed by atoms with Gasteiger partial charge < -0.3 is 15.2 Å². The lowest BCUT2D eigenvalue weighted by Gasteiger charge is -2.30. The highest BCUT2D eigenvalue weighted by atomic mass is 16.5. The average molecular weight is 201 g/mol. The van der Waals surface area contributed by atoms with Gasteiger partial charge in [-0.25, -0.2) is 0 Å². The van der Waals surface area contributed by atoms with Gasteiger partial charge in [-0.15, -0.1) is 0 Å². The minimum atomic E-state index is -0.758. The molecule has 1 aliphatic heterocycles. The fourth-order valence-electron chi connectivity index (χ4n) is 1.80. The van der Waals surface area contributed by atoms with Crippen LogP contribution in [0.2, 0.25) is 0 Å². The number of hydrogen-bond acceptors (Lipinski definition) is 3. The maximum Gasteiger partial charge on any atom is 0.320 e. The lowest BCUT2D eigenvalue weighted by molar-refractivity contribution is -0.140. The molecule has 4 nitrogen and oxygen atoms in total. The van der Waals surface area contributed by atoms with Crippen LogP contribution in [0.4, 0.5) is 0 Å². The SMILES string of the molecule is CCC(NC1CCOC(C)C1)C(=O)O. The van der Waals surface area contributed by atoms with Crippen molar-refractivity contribution in [1.29, 1.82) is 0 Å². The lowest BCUT2D eigenvalue weighted by Crippen LogP contribution is -2.46. The monoisotopic (exact) mass is 201 g/mol. The molecule has 14 heavy (non-hydrogen) atoms. The molecular weight excluding hydrogens is 182 g/mol. The van der Waals surface area contributed by atoms with Crippen molar-refractivity contribution in [1.82, 2.24) is 5.32 Å². The highest BCUT2D eigenvalue weighted by Gasteiger charge is 2.24. The van der Waals surface area contributed by atoms with Gasteiger partial charge in [-0.05, 0) is 26.2 Å². The van der Waals surface area contributed by atoms with Crippen molar-refractivity contribution in [2.45, 2.75) is 51.3 Å². The molecule has 1 fully saturated rings. The Morgan fingerprint density at radius 2 is 2.43 bits per heavy atom. The molecule has 0 bridgehead atoms. The highest BCUT2D eigenvalue weighted by molar-refractivity contribution is 5.73. The van der Waals surface area contributed by atoms with Crippen LogP contribution in [0.25, 0.3) is 0 Å². The summed E-state index contributed by atoms with van der Waals surface area (Å²) in [5.74, 6) is -0.758. The molecule has 1 aliphatic rings. The molecule has 3 unspecified atom stereocenters. The second-order valence-electron chi connectivity index (χ2n) is 3.87. The number of hydrogen-bond donors (Lipinski definition) is 2. The number of rotatable bonds is 4. The quantitative estimate of drug-likeness (QED) is 0.712. The van der Waals surface area contributed by atoms with Crippen molar-refractivity contribution >= 4 is 5.97 Å². The fourth-order valence-corrected chi connectivity index (χ4v) is 1.80. The number of nitrogens with one attached hydrogen (secondary N) is 1. The molecule has 0 aromatic heterocycles. The Hall–Kier alpha value is -0.610. The van der Waals surface area contributed by atoms with Gasteiger partial charge >= 0.3 is 5.97 Å². The summed E-state index contributed by atoms with van der Waals surface area (Å²) in [7, 11) is 0. The van der Waals surface area contributed by atoms with Crippen LogP contribution in [0.1, 0.15) is 33.1 Å². The zero-order valence-corrected chi connectivity index (χ0v) is 8.82. The molecule has 0 amide bonds. The molecule has 0 aromatic carbocycles. The Kier molecular flexibility index (Phi) is 4.35. The third-order valence-electron chi connectivity index (χ3n) is 2.63. The lowest BCUT2D eigenvalue weighted by atomic mass is 10.0. The predicted octanol–water partition coefficient (Wildman–Crippen LogP) is 1.01. The van der Waals surface area contributed by atoms with E-state index in [2.05, 4.69) is 5.32 Å². The normalized spacial score (nSPS) is 29.9. The van der Waals surface area contributed by atoms with Crippen molar-refractivity contribution in [3.05, 3.63) is 0 Å². The average Bonchev–Trinajstić information content (AvgIpc) is 2.14. The Balaban J connectivity index is 2.37. The van der Waals surface area contributed by atoms with E-state index in [-0.39, 0.29) is 6.10 Å². The van der Waals surface area contributed by atoms with Crippen molar-refractivity contribution in [3.8, 4) is 0 Å². The summed E-state index contributed by atoms with van der Waals surface area (Å²) >= 11 is 0. The van der Waals surface area contributed by atoms with E-state index in [1.807, 2.05) is 13.8 Å². The molecule has 4 heteroatoms. The van der Waals surface area contributed by atoms with Crippen LogP contribution in [-0.2, 0) is 9.53 Å². The topological polar surface area (TPSA) is 58.6 Å². The first-order chi connectivity index (χ1) is 6.63. The van der Waals surface area contributed by atoms with Crippen LogP contribution >= 0.6 is 0 Å². The van der Waals surface area contributed by atoms with Crippen LogP contribution in [-0.4, -0.2) is 35.9 Å². The van der Waals surface area contributed by atoms with Crippen LogP contribution in [0, 0.1) is 0 Å². The standard InChI is InChI=1S/C10H19NO3/c1-3-9(10(12)13)11-8-4-5-14-7(2)6-8/h7-9,11H,3-6H2,1-2H3,(H,12,13). The van der Waals surface area contributed by atoms with Crippen molar-refractivity contribution in [3.63, 3.8) is 0 Å². The number of carboxylic acid groups (broad SMARTS) is 1. The maximum absolute atomic E-state index is 10.8. The molecule has 0 saturated carbocycles. The van der Waals surface area contributed by atoms with Gasteiger partial charge in [0.2, 0.25) is 0 Å². The van der Waals surface area contributed by atoms with Gasteiger partial charge in [0, 0.05) is 12.6 Å².